The first-order chi connectivity index (χ1) is 18.7. The third-order valence-electron chi connectivity index (χ3n) is 7.70. The number of carbonyl (C=O) groups is 1. The van der Waals surface area contributed by atoms with E-state index in [0.29, 0.717) is 17.2 Å². The van der Waals surface area contributed by atoms with Crippen LogP contribution in [0.5, 0.6) is 0 Å². The average molecular weight is 508 g/mol. The van der Waals surface area contributed by atoms with Crippen molar-refractivity contribution in [2.75, 3.05) is 23.3 Å². The van der Waals surface area contributed by atoms with Gasteiger partial charge in [-0.05, 0) is 56.4 Å². The molecule has 5 aromatic rings. The highest BCUT2D eigenvalue weighted by Gasteiger charge is 2.23. The number of piperidine rings is 1. The maximum absolute atomic E-state index is 12.6. The summed E-state index contributed by atoms with van der Waals surface area (Å²) in [6.07, 6.45) is 13.0. The summed E-state index contributed by atoms with van der Waals surface area (Å²) in [6, 6.07) is 7.76. The quantitative estimate of drug-likeness (QED) is 0.303. The van der Waals surface area contributed by atoms with Crippen LogP contribution >= 0.6 is 0 Å². The Morgan fingerprint density at radius 1 is 0.947 bits per heavy atom. The Morgan fingerprint density at radius 2 is 1.82 bits per heavy atom. The van der Waals surface area contributed by atoms with E-state index in [1.165, 1.54) is 19.3 Å². The van der Waals surface area contributed by atoms with E-state index in [-0.39, 0.29) is 11.8 Å². The van der Waals surface area contributed by atoms with E-state index >= 15 is 0 Å². The van der Waals surface area contributed by atoms with E-state index in [0.717, 1.165) is 77.9 Å². The first-order valence-electron chi connectivity index (χ1n) is 13.4. The third kappa shape index (κ3) is 4.15. The average Bonchev–Trinajstić information content (AvgIpc) is 3.73. The van der Waals surface area contributed by atoms with Gasteiger partial charge >= 0.3 is 0 Å². The molecule has 0 unspecified atom stereocenters. The summed E-state index contributed by atoms with van der Waals surface area (Å²) in [4.78, 5) is 37.2. The zero-order valence-corrected chi connectivity index (χ0v) is 21.1. The van der Waals surface area contributed by atoms with E-state index in [1.54, 1.807) is 12.4 Å². The van der Waals surface area contributed by atoms with Crippen LogP contribution < -0.4 is 10.2 Å². The summed E-state index contributed by atoms with van der Waals surface area (Å²) < 4.78 is 0. The molecule has 1 aliphatic heterocycles. The van der Waals surface area contributed by atoms with Gasteiger partial charge in [0.2, 0.25) is 5.91 Å². The van der Waals surface area contributed by atoms with E-state index in [2.05, 4.69) is 35.4 Å². The first kappa shape index (κ1) is 22.8. The highest BCUT2D eigenvalue weighted by Crippen LogP contribution is 2.31. The second-order valence-electron chi connectivity index (χ2n) is 10.3. The Labute approximate surface area is 219 Å². The van der Waals surface area contributed by atoms with Crippen molar-refractivity contribution in [2.24, 2.45) is 5.92 Å². The number of nitrogens with one attached hydrogen (secondary N) is 3. The maximum Gasteiger partial charge on any atom is 0.227 e. The van der Waals surface area contributed by atoms with Gasteiger partial charge in [-0.25, -0.2) is 15.0 Å². The number of nitrogens with zero attached hydrogens (tertiary/aromatic N) is 6. The van der Waals surface area contributed by atoms with Crippen molar-refractivity contribution in [3.63, 3.8) is 0 Å². The molecule has 1 saturated heterocycles. The molecule has 0 bridgehead atoms. The Hall–Kier alpha value is -4.34. The van der Waals surface area contributed by atoms with Gasteiger partial charge in [0.1, 0.15) is 11.0 Å². The number of aromatic nitrogens is 7. The van der Waals surface area contributed by atoms with Crippen molar-refractivity contribution in [1.82, 2.24) is 35.1 Å². The summed E-state index contributed by atoms with van der Waals surface area (Å²) in [5.74, 6) is 1.74. The Balaban J connectivity index is 1.22. The molecule has 2 aliphatic rings. The fraction of sp³-hybridized carbons (Fsp3) is 0.357. The minimum atomic E-state index is 0.0743. The molecule has 1 saturated carbocycles. The van der Waals surface area contributed by atoms with Crippen molar-refractivity contribution in [3.05, 3.63) is 42.9 Å². The molecule has 1 aliphatic carbocycles. The molecule has 10 nitrogen and oxygen atoms in total. The molecule has 5 aromatic heterocycles. The van der Waals surface area contributed by atoms with Gasteiger partial charge in [0.25, 0.3) is 0 Å². The molecular weight excluding hydrogens is 478 g/mol. The van der Waals surface area contributed by atoms with Crippen molar-refractivity contribution in [2.45, 2.75) is 44.9 Å². The SMILES string of the molecule is O=C(Nc1cncc(-c2ccc3[nH]nc(-c4nc5c(N6CCCCC6)nccc5[nH]4)c3n2)c1)C1CCCC1. The normalized spacial score (nSPS) is 16.5. The highest BCUT2D eigenvalue weighted by molar-refractivity contribution is 5.95. The molecule has 2 fully saturated rings. The van der Waals surface area contributed by atoms with E-state index in [9.17, 15) is 4.79 Å². The van der Waals surface area contributed by atoms with Crippen LogP contribution in [-0.2, 0) is 4.79 Å². The topological polar surface area (TPSA) is 128 Å². The van der Waals surface area contributed by atoms with Crippen LogP contribution in [0.2, 0.25) is 0 Å². The molecule has 0 atom stereocenters. The number of pyridine rings is 3. The predicted octanol–water partition coefficient (Wildman–Crippen LogP) is 5.08. The summed E-state index contributed by atoms with van der Waals surface area (Å²) >= 11 is 0. The number of imidazole rings is 1. The smallest absolute Gasteiger partial charge is 0.227 e. The minimum absolute atomic E-state index is 0.0743. The molecular formula is C28H29N9O. The number of carbonyl (C=O) groups excluding carboxylic acids is 1. The summed E-state index contributed by atoms with van der Waals surface area (Å²) in [7, 11) is 0. The summed E-state index contributed by atoms with van der Waals surface area (Å²) in [5, 5.41) is 10.7. The molecule has 1 amide bonds. The molecule has 0 aromatic carbocycles. The first-order valence-corrected chi connectivity index (χ1v) is 13.4. The molecule has 7 rings (SSSR count). The van der Waals surface area contributed by atoms with Gasteiger partial charge in [-0.15, -0.1) is 0 Å². The van der Waals surface area contributed by atoms with E-state index in [1.807, 2.05) is 30.5 Å². The van der Waals surface area contributed by atoms with Crippen molar-refractivity contribution < 1.29 is 4.79 Å². The lowest BCUT2D eigenvalue weighted by atomic mass is 10.1. The highest BCUT2D eigenvalue weighted by atomic mass is 16.1. The Kier molecular flexibility index (Phi) is 5.71. The molecule has 3 N–H and O–H groups in total. The van der Waals surface area contributed by atoms with Gasteiger partial charge in [-0.2, -0.15) is 5.10 Å². The van der Waals surface area contributed by atoms with Crippen molar-refractivity contribution in [1.29, 1.82) is 0 Å². The maximum atomic E-state index is 12.6. The molecule has 38 heavy (non-hydrogen) atoms. The third-order valence-corrected chi connectivity index (χ3v) is 7.70. The zero-order chi connectivity index (χ0) is 25.5. The van der Waals surface area contributed by atoms with E-state index < -0.39 is 0 Å². The molecule has 6 heterocycles. The molecule has 10 heteroatoms. The number of hydrogen-bond donors (Lipinski definition) is 3. The predicted molar refractivity (Wildman–Crippen MR) is 147 cm³/mol. The molecule has 0 radical (unpaired) electrons. The second-order valence-corrected chi connectivity index (χ2v) is 10.3. The van der Waals surface area contributed by atoms with Crippen LogP contribution in [0.1, 0.15) is 44.9 Å². The lowest BCUT2D eigenvalue weighted by molar-refractivity contribution is -0.119. The van der Waals surface area contributed by atoms with Crippen LogP contribution in [0.15, 0.2) is 42.9 Å². The van der Waals surface area contributed by atoms with Gasteiger partial charge in [-0.3, -0.25) is 14.9 Å². The fourth-order valence-electron chi connectivity index (χ4n) is 5.68. The summed E-state index contributed by atoms with van der Waals surface area (Å²) in [6.45, 7) is 2.00. The number of hydrogen-bond acceptors (Lipinski definition) is 7. The van der Waals surface area contributed by atoms with Gasteiger partial charge < -0.3 is 15.2 Å². The number of amides is 1. The Morgan fingerprint density at radius 3 is 2.68 bits per heavy atom. The lowest BCUT2D eigenvalue weighted by Gasteiger charge is -2.27. The van der Waals surface area contributed by atoms with Crippen LogP contribution in [0, 0.1) is 5.92 Å². The van der Waals surface area contributed by atoms with Crippen LogP contribution in [0.25, 0.3) is 44.8 Å². The largest absolute Gasteiger partial charge is 0.355 e. The fourth-order valence-corrected chi connectivity index (χ4v) is 5.68. The number of H-pyrrole nitrogens is 2. The number of fused-ring (bicyclic) bond motifs is 2. The lowest BCUT2D eigenvalue weighted by Crippen LogP contribution is -2.30. The number of aromatic amines is 2. The van der Waals surface area contributed by atoms with Crippen LogP contribution in [-0.4, -0.2) is 54.1 Å². The van der Waals surface area contributed by atoms with Gasteiger partial charge in [-0.1, -0.05) is 12.8 Å². The Bertz CT molecular complexity index is 1630. The van der Waals surface area contributed by atoms with Crippen LogP contribution in [0.4, 0.5) is 11.5 Å². The van der Waals surface area contributed by atoms with E-state index in [4.69, 9.17) is 9.97 Å². The van der Waals surface area contributed by atoms with Gasteiger partial charge in [0, 0.05) is 37.0 Å². The molecule has 192 valence electrons. The minimum Gasteiger partial charge on any atom is -0.355 e. The zero-order valence-electron chi connectivity index (χ0n) is 21.1. The standard InChI is InChI=1S/C28H29N9O/c38-28(17-6-2-3-7-17)31-19-14-18(15-29-16-19)20-8-9-22-23(32-20)25(36-35-22)26-33-21-10-11-30-27(24(21)34-26)37-12-4-1-5-13-37/h8-11,14-17H,1-7,12-13H2,(H,31,38)(H,33,34)(H,35,36). The molecule has 0 spiro atoms. The van der Waals surface area contributed by atoms with Crippen molar-refractivity contribution >= 4 is 39.5 Å². The van der Waals surface area contributed by atoms with Crippen LogP contribution in [0.3, 0.4) is 0 Å². The second kappa shape index (κ2) is 9.51. The number of anilines is 2. The van der Waals surface area contributed by atoms with Crippen molar-refractivity contribution in [3.8, 4) is 22.8 Å². The summed E-state index contributed by atoms with van der Waals surface area (Å²) in [5.41, 5.74) is 6.22. The van der Waals surface area contributed by atoms with Gasteiger partial charge in [0.15, 0.2) is 17.3 Å². The number of rotatable bonds is 5. The van der Waals surface area contributed by atoms with Gasteiger partial charge in [0.05, 0.1) is 28.6 Å². The monoisotopic (exact) mass is 507 g/mol.